The van der Waals surface area contributed by atoms with E-state index in [4.69, 9.17) is 0 Å². The standard InChI is InChI=1S/C17H24F3N3O/c18-17(19,20)13(10-24)15-14(7-16(15)3-5-21-6-4-16)23-9-12(8-22-23)11-1-2-11/h8-9,11,13-15,21,24H,1-7,10H2/t13?,14-,15?/m1/s1. The van der Waals surface area contributed by atoms with Gasteiger partial charge >= 0.3 is 6.18 Å². The number of rotatable bonds is 4. The Morgan fingerprint density at radius 1 is 1.33 bits per heavy atom. The van der Waals surface area contributed by atoms with Crippen molar-refractivity contribution < 1.29 is 18.3 Å². The molecule has 1 aromatic heterocycles. The van der Waals surface area contributed by atoms with Crippen molar-refractivity contribution in [1.29, 1.82) is 0 Å². The predicted molar refractivity (Wildman–Crippen MR) is 82.5 cm³/mol. The Morgan fingerprint density at radius 2 is 2.04 bits per heavy atom. The molecule has 3 aliphatic rings. The maximum Gasteiger partial charge on any atom is 0.394 e. The van der Waals surface area contributed by atoms with Gasteiger partial charge in [-0.2, -0.15) is 18.3 Å². The van der Waals surface area contributed by atoms with E-state index in [2.05, 4.69) is 10.4 Å². The average molecular weight is 343 g/mol. The van der Waals surface area contributed by atoms with E-state index in [1.165, 1.54) is 0 Å². The van der Waals surface area contributed by atoms with Gasteiger partial charge in [-0.25, -0.2) is 0 Å². The van der Waals surface area contributed by atoms with E-state index in [1.807, 2.05) is 12.4 Å². The first-order valence-electron chi connectivity index (χ1n) is 8.87. The highest BCUT2D eigenvalue weighted by Gasteiger charge is 2.62. The molecule has 2 aliphatic carbocycles. The molecule has 3 atom stereocenters. The predicted octanol–water partition coefficient (Wildman–Crippen LogP) is 2.86. The van der Waals surface area contributed by atoms with Crippen molar-refractivity contribution in [3.8, 4) is 0 Å². The lowest BCUT2D eigenvalue weighted by Gasteiger charge is -2.59. The zero-order chi connectivity index (χ0) is 16.9. The molecule has 1 aliphatic heterocycles. The number of nitrogens with one attached hydrogen (secondary N) is 1. The molecule has 2 N–H and O–H groups in total. The molecule has 7 heteroatoms. The van der Waals surface area contributed by atoms with Crippen LogP contribution in [-0.4, -0.2) is 40.8 Å². The molecule has 3 fully saturated rings. The largest absolute Gasteiger partial charge is 0.396 e. The SMILES string of the molecule is OCC(C1[C@H](n2cc(C3CC3)cn2)CC12CCNCC2)C(F)(F)F. The van der Waals surface area contributed by atoms with E-state index in [-0.39, 0.29) is 11.5 Å². The highest BCUT2D eigenvalue weighted by molar-refractivity contribution is 5.19. The van der Waals surface area contributed by atoms with Crippen LogP contribution in [0.1, 0.15) is 49.6 Å². The Morgan fingerprint density at radius 3 is 2.62 bits per heavy atom. The molecule has 0 aromatic carbocycles. The molecule has 24 heavy (non-hydrogen) atoms. The van der Waals surface area contributed by atoms with Crippen LogP contribution in [0.5, 0.6) is 0 Å². The van der Waals surface area contributed by atoms with E-state index in [1.54, 1.807) is 4.68 Å². The molecule has 2 heterocycles. The minimum absolute atomic E-state index is 0.255. The highest BCUT2D eigenvalue weighted by atomic mass is 19.4. The summed E-state index contributed by atoms with van der Waals surface area (Å²) in [5.74, 6) is -1.71. The monoisotopic (exact) mass is 343 g/mol. The number of piperidine rings is 1. The molecule has 0 bridgehead atoms. The average Bonchev–Trinajstić information content (AvgIpc) is 3.28. The van der Waals surface area contributed by atoms with Crippen molar-refractivity contribution in [2.75, 3.05) is 19.7 Å². The molecule has 4 nitrogen and oxygen atoms in total. The molecule has 1 aromatic rings. The highest BCUT2D eigenvalue weighted by Crippen LogP contribution is 2.63. The lowest BCUT2D eigenvalue weighted by atomic mass is 9.49. The molecular formula is C17H24F3N3O. The summed E-state index contributed by atoms with van der Waals surface area (Å²) in [4.78, 5) is 0. The minimum atomic E-state index is -4.37. The van der Waals surface area contributed by atoms with Crippen LogP contribution in [0.25, 0.3) is 0 Å². The van der Waals surface area contributed by atoms with E-state index in [0.29, 0.717) is 5.92 Å². The second-order valence-corrected chi connectivity index (χ2v) is 7.77. The quantitative estimate of drug-likeness (QED) is 0.884. The first kappa shape index (κ1) is 16.4. The summed E-state index contributed by atoms with van der Waals surface area (Å²) < 4.78 is 42.4. The third kappa shape index (κ3) is 2.65. The van der Waals surface area contributed by atoms with Gasteiger partial charge in [0.25, 0.3) is 0 Å². The van der Waals surface area contributed by atoms with Crippen molar-refractivity contribution in [3.63, 3.8) is 0 Å². The van der Waals surface area contributed by atoms with Crippen molar-refractivity contribution in [1.82, 2.24) is 15.1 Å². The minimum Gasteiger partial charge on any atom is -0.396 e. The first-order valence-corrected chi connectivity index (χ1v) is 8.87. The summed E-state index contributed by atoms with van der Waals surface area (Å²) in [6.45, 7) is 0.675. The van der Waals surface area contributed by atoms with Gasteiger partial charge in [0.1, 0.15) is 0 Å². The molecule has 1 spiro atoms. The summed E-state index contributed by atoms with van der Waals surface area (Å²) in [6, 6.07) is -0.255. The van der Waals surface area contributed by atoms with Gasteiger partial charge in [0.05, 0.1) is 24.8 Å². The summed E-state index contributed by atoms with van der Waals surface area (Å²) in [7, 11) is 0. The Balaban J connectivity index is 1.63. The molecule has 0 radical (unpaired) electrons. The molecule has 0 amide bonds. The Labute approximate surface area is 139 Å². The number of hydrogen-bond donors (Lipinski definition) is 2. The third-order valence-electron chi connectivity index (χ3n) is 6.40. The number of halogens is 3. The maximum atomic E-state index is 13.6. The fraction of sp³-hybridized carbons (Fsp3) is 0.824. The van der Waals surface area contributed by atoms with Crippen LogP contribution in [-0.2, 0) is 0 Å². The normalized spacial score (nSPS) is 31.0. The van der Waals surface area contributed by atoms with Gasteiger partial charge in [-0.15, -0.1) is 0 Å². The van der Waals surface area contributed by atoms with Crippen LogP contribution in [0.2, 0.25) is 0 Å². The topological polar surface area (TPSA) is 50.1 Å². The van der Waals surface area contributed by atoms with Gasteiger partial charge < -0.3 is 10.4 Å². The number of aliphatic hydroxyl groups excluding tert-OH is 1. The third-order valence-corrected chi connectivity index (χ3v) is 6.40. The zero-order valence-electron chi connectivity index (χ0n) is 13.6. The number of nitrogens with zero attached hydrogens (tertiary/aromatic N) is 2. The van der Waals surface area contributed by atoms with Gasteiger partial charge in [0.2, 0.25) is 0 Å². The van der Waals surface area contributed by atoms with Crippen LogP contribution in [0.4, 0.5) is 13.2 Å². The van der Waals surface area contributed by atoms with E-state index < -0.39 is 24.6 Å². The van der Waals surface area contributed by atoms with Crippen LogP contribution in [0.15, 0.2) is 12.4 Å². The summed E-state index contributed by atoms with van der Waals surface area (Å²) in [6.07, 6.45) is 3.90. The first-order chi connectivity index (χ1) is 11.4. The molecule has 134 valence electrons. The van der Waals surface area contributed by atoms with Gasteiger partial charge in [-0.1, -0.05) is 0 Å². The van der Waals surface area contributed by atoms with Gasteiger partial charge in [-0.3, -0.25) is 4.68 Å². The lowest BCUT2D eigenvalue weighted by Crippen LogP contribution is -2.59. The number of alkyl halides is 3. The zero-order valence-corrected chi connectivity index (χ0v) is 13.6. The molecule has 2 saturated carbocycles. The van der Waals surface area contributed by atoms with Crippen LogP contribution in [0, 0.1) is 17.3 Å². The maximum absolute atomic E-state index is 13.6. The number of hydrogen-bond acceptors (Lipinski definition) is 3. The van der Waals surface area contributed by atoms with Gasteiger partial charge in [0.15, 0.2) is 0 Å². The fourth-order valence-corrected chi connectivity index (χ4v) is 4.92. The van der Waals surface area contributed by atoms with Crippen molar-refractivity contribution in [3.05, 3.63) is 18.0 Å². The molecule has 1 saturated heterocycles. The number of aliphatic hydroxyl groups is 1. The van der Waals surface area contributed by atoms with E-state index in [9.17, 15) is 18.3 Å². The second kappa shape index (κ2) is 5.73. The molecular weight excluding hydrogens is 319 g/mol. The van der Waals surface area contributed by atoms with Crippen molar-refractivity contribution in [2.24, 2.45) is 17.3 Å². The fourth-order valence-electron chi connectivity index (χ4n) is 4.92. The summed E-state index contributed by atoms with van der Waals surface area (Å²) in [5.41, 5.74) is 0.831. The Hall–Kier alpha value is -1.08. The Kier molecular flexibility index (Phi) is 3.91. The van der Waals surface area contributed by atoms with Crippen molar-refractivity contribution in [2.45, 2.75) is 50.2 Å². The van der Waals surface area contributed by atoms with Gasteiger partial charge in [0, 0.05) is 12.1 Å². The van der Waals surface area contributed by atoms with Crippen LogP contribution >= 0.6 is 0 Å². The second-order valence-electron chi connectivity index (χ2n) is 7.77. The summed E-state index contributed by atoms with van der Waals surface area (Å²) in [5, 5.41) is 17.1. The van der Waals surface area contributed by atoms with Crippen LogP contribution in [0.3, 0.4) is 0 Å². The number of aromatic nitrogens is 2. The van der Waals surface area contributed by atoms with E-state index in [0.717, 1.165) is 50.8 Å². The smallest absolute Gasteiger partial charge is 0.394 e. The molecule has 2 unspecified atom stereocenters. The van der Waals surface area contributed by atoms with Gasteiger partial charge in [-0.05, 0) is 62.1 Å². The summed E-state index contributed by atoms with van der Waals surface area (Å²) >= 11 is 0. The van der Waals surface area contributed by atoms with Crippen molar-refractivity contribution >= 4 is 0 Å². The van der Waals surface area contributed by atoms with Crippen LogP contribution < -0.4 is 5.32 Å². The lowest BCUT2D eigenvalue weighted by molar-refractivity contribution is -0.244. The van der Waals surface area contributed by atoms with E-state index >= 15 is 0 Å². The molecule has 4 rings (SSSR count). The Bertz CT molecular complexity index is 590.